The summed E-state index contributed by atoms with van der Waals surface area (Å²) < 4.78 is 3.29. The Morgan fingerprint density at radius 1 is 1.09 bits per heavy atom. The lowest BCUT2D eigenvalue weighted by molar-refractivity contribution is -0.462. The van der Waals surface area contributed by atoms with E-state index in [1.807, 2.05) is 18.2 Å². The van der Waals surface area contributed by atoms with E-state index in [1.54, 1.807) is 6.07 Å². The van der Waals surface area contributed by atoms with E-state index >= 15 is 0 Å². The number of hydrogen-bond acceptors (Lipinski definition) is 2. The number of carboxylic acid groups (broad SMARTS) is 1. The molecule has 0 fully saturated rings. The largest absolute Gasteiger partial charge is 0.478 e. The molecule has 2 aromatic carbocycles. The fourth-order valence-electron chi connectivity index (χ4n) is 5.13. The van der Waals surface area contributed by atoms with E-state index in [-0.39, 0.29) is 0 Å². The molecule has 1 aliphatic carbocycles. The number of alkyl halides is 1. The quantitative estimate of drug-likeness (QED) is 0.222. The molecule has 1 aliphatic heterocycles. The lowest BCUT2D eigenvalue weighted by Gasteiger charge is -2.40. The summed E-state index contributed by atoms with van der Waals surface area (Å²) in [4.78, 5) is 14.4. The maximum Gasteiger partial charge on any atom is 0.336 e. The first-order chi connectivity index (χ1) is 16.2. The van der Waals surface area contributed by atoms with Gasteiger partial charge in [-0.3, -0.25) is 0 Å². The Kier molecular flexibility index (Phi) is 7.01. The number of aromatic carboxylic acids is 1. The molecule has 1 atom stereocenters. The van der Waals surface area contributed by atoms with Crippen LogP contribution in [0.3, 0.4) is 0 Å². The van der Waals surface area contributed by atoms with Crippen LogP contribution in [0, 0.1) is 0 Å². The second-order valence-electron chi connectivity index (χ2n) is 9.60. The Bertz CT molecular complexity index is 1290. The molecule has 1 N–H and O–H groups in total. The highest BCUT2D eigenvalue weighted by molar-refractivity contribution is 14.1. The van der Waals surface area contributed by atoms with Gasteiger partial charge in [-0.1, -0.05) is 53.4 Å². The van der Waals surface area contributed by atoms with Crippen LogP contribution in [0.25, 0.3) is 5.57 Å². The van der Waals surface area contributed by atoms with Crippen molar-refractivity contribution in [1.82, 2.24) is 0 Å². The van der Waals surface area contributed by atoms with Crippen LogP contribution >= 0.6 is 22.6 Å². The van der Waals surface area contributed by atoms with Gasteiger partial charge in [0.15, 0.2) is 5.71 Å². The van der Waals surface area contributed by atoms with Crippen molar-refractivity contribution in [2.75, 3.05) is 37.5 Å². The minimum atomic E-state index is -2.10. The van der Waals surface area contributed by atoms with Gasteiger partial charge in [-0.25, -0.2) is 9.37 Å². The lowest BCUT2D eigenvalue weighted by Crippen LogP contribution is -2.52. The first-order valence-electron chi connectivity index (χ1n) is 11.6. The molecule has 0 saturated carbocycles. The average Bonchev–Trinajstić information content (AvgIpc) is 2.82. The van der Waals surface area contributed by atoms with E-state index in [4.69, 9.17) is 0 Å². The van der Waals surface area contributed by atoms with Crippen LogP contribution in [0.5, 0.6) is 0 Å². The molecular formula is C28H32IN2O2Si+. The maximum atomic E-state index is 12.2. The van der Waals surface area contributed by atoms with Crippen LogP contribution in [0.15, 0.2) is 71.5 Å². The number of halogens is 1. The van der Waals surface area contributed by atoms with Crippen molar-refractivity contribution >= 4 is 58.8 Å². The van der Waals surface area contributed by atoms with Crippen molar-refractivity contribution in [2.24, 2.45) is 0 Å². The minimum Gasteiger partial charge on any atom is -0.478 e. The van der Waals surface area contributed by atoms with Gasteiger partial charge in [0.25, 0.3) is 0 Å². The molecule has 2 aliphatic rings. The summed E-state index contributed by atoms with van der Waals surface area (Å²) in [6, 6.07) is 15.3. The fourth-order valence-corrected chi connectivity index (χ4v) is 10.5. The number of rotatable bonds is 6. The Labute approximate surface area is 217 Å². The van der Waals surface area contributed by atoms with Gasteiger partial charge in [-0.15, -0.1) is 0 Å². The highest BCUT2D eigenvalue weighted by atomic mass is 127. The molecule has 34 heavy (non-hydrogen) atoms. The van der Waals surface area contributed by atoms with E-state index < -0.39 is 14.0 Å². The third-order valence-electron chi connectivity index (χ3n) is 7.00. The molecule has 176 valence electrons. The number of anilines is 1. The zero-order valence-corrected chi connectivity index (χ0v) is 23.7. The molecule has 0 aromatic heterocycles. The molecule has 6 heteroatoms. The molecule has 0 bridgehead atoms. The van der Waals surface area contributed by atoms with Crippen molar-refractivity contribution in [1.29, 1.82) is 0 Å². The molecule has 1 heterocycles. The lowest BCUT2D eigenvalue weighted by atomic mass is 9.87. The number of nitrogens with zero attached hydrogens (tertiary/aromatic N) is 2. The van der Waals surface area contributed by atoms with Crippen LogP contribution < -0.4 is 10.1 Å². The third-order valence-corrected chi connectivity index (χ3v) is 12.3. The van der Waals surface area contributed by atoms with E-state index in [1.165, 1.54) is 39.3 Å². The smallest absolute Gasteiger partial charge is 0.336 e. The van der Waals surface area contributed by atoms with Gasteiger partial charge >= 0.3 is 5.97 Å². The molecular weight excluding hydrogens is 551 g/mol. The average molecular weight is 584 g/mol. The zero-order valence-electron chi connectivity index (χ0n) is 20.5. The molecule has 0 saturated heterocycles. The third kappa shape index (κ3) is 4.22. The van der Waals surface area contributed by atoms with Gasteiger partial charge in [-0.05, 0) is 73.8 Å². The Morgan fingerprint density at radius 2 is 1.82 bits per heavy atom. The van der Waals surface area contributed by atoms with Crippen LogP contribution in [-0.4, -0.2) is 62.1 Å². The predicted octanol–water partition coefficient (Wildman–Crippen LogP) is 5.13. The van der Waals surface area contributed by atoms with Crippen molar-refractivity contribution in [3.8, 4) is 0 Å². The van der Waals surface area contributed by atoms with Crippen molar-refractivity contribution in [3.63, 3.8) is 0 Å². The van der Waals surface area contributed by atoms with Crippen LogP contribution in [-0.2, 0) is 0 Å². The van der Waals surface area contributed by atoms with Gasteiger partial charge in [-0.2, -0.15) is 0 Å². The summed E-state index contributed by atoms with van der Waals surface area (Å²) >= 11 is 2.48. The minimum absolute atomic E-state index is 0.348. The monoisotopic (exact) mass is 583 g/mol. The standard InChI is InChI=1S/C28H31IN2O2Si/c1-30(2)19-11-13-23-25(17-19)34(5,16-8-15-29)26-18-20(31(3)4)12-14-24(26)27(23)21-9-6-7-10-22(21)28(32)33/h6-7,9-14,17-18H,8,15-16H2,1-5H3/p+1. The first-order valence-corrected chi connectivity index (χ1v) is 15.8. The number of hydrogen-bond donors (Lipinski definition) is 1. The van der Waals surface area contributed by atoms with Crippen molar-refractivity contribution < 1.29 is 14.5 Å². The maximum absolute atomic E-state index is 12.2. The number of carboxylic acids is 1. The van der Waals surface area contributed by atoms with Gasteiger partial charge in [0.1, 0.15) is 22.2 Å². The van der Waals surface area contributed by atoms with Crippen molar-refractivity contribution in [3.05, 3.63) is 88.2 Å². The van der Waals surface area contributed by atoms with Gasteiger partial charge in [0.2, 0.25) is 0 Å². The molecule has 0 spiro atoms. The Morgan fingerprint density at radius 3 is 2.47 bits per heavy atom. The summed E-state index contributed by atoms with van der Waals surface area (Å²) in [5.74, 6) is -0.892. The Balaban J connectivity index is 2.14. The van der Waals surface area contributed by atoms with E-state index in [0.717, 1.165) is 21.6 Å². The molecule has 2 aromatic rings. The van der Waals surface area contributed by atoms with Crippen LogP contribution in [0.2, 0.25) is 12.6 Å². The molecule has 4 nitrogen and oxygen atoms in total. The number of allylic oxidation sites excluding steroid dienone is 5. The molecule has 0 amide bonds. The highest BCUT2D eigenvalue weighted by Gasteiger charge is 2.43. The summed E-state index contributed by atoms with van der Waals surface area (Å²) in [6.07, 6.45) is 7.91. The fraction of sp³-hybridized carbons (Fsp3) is 0.286. The number of benzene rings is 2. The Hall–Kier alpha value is -2.45. The zero-order chi connectivity index (χ0) is 24.6. The number of carbonyl (C=O) groups is 1. The predicted molar refractivity (Wildman–Crippen MR) is 154 cm³/mol. The normalized spacial score (nSPS) is 18.9. The van der Waals surface area contributed by atoms with Crippen LogP contribution in [0.1, 0.15) is 27.9 Å². The molecule has 4 rings (SSSR count). The van der Waals surface area contributed by atoms with Gasteiger partial charge < -0.3 is 10.0 Å². The SMILES string of the molecule is CN(C)c1ccc2c(c1)[Si@@](C)(CCCI)C1=CC(=[N+](C)C)C=CC1=C2c1ccccc1C(=O)O. The second-order valence-corrected chi connectivity index (χ2v) is 14.9. The van der Waals surface area contributed by atoms with E-state index in [0.29, 0.717) is 5.56 Å². The second kappa shape index (κ2) is 9.66. The summed E-state index contributed by atoms with van der Waals surface area (Å²) in [6.45, 7) is 2.50. The summed E-state index contributed by atoms with van der Waals surface area (Å²) in [5, 5.41) is 12.8. The van der Waals surface area contributed by atoms with E-state index in [9.17, 15) is 9.90 Å². The van der Waals surface area contributed by atoms with Gasteiger partial charge in [0.05, 0.1) is 5.56 Å². The summed E-state index contributed by atoms with van der Waals surface area (Å²) in [7, 11) is 6.22. The summed E-state index contributed by atoms with van der Waals surface area (Å²) in [5.41, 5.74) is 6.92. The molecule has 0 unspecified atom stereocenters. The first kappa shape index (κ1) is 24.7. The van der Waals surface area contributed by atoms with Crippen molar-refractivity contribution in [2.45, 2.75) is 19.0 Å². The number of fused-ring (bicyclic) bond motifs is 2. The molecule has 0 radical (unpaired) electrons. The van der Waals surface area contributed by atoms with Gasteiger partial charge in [0, 0.05) is 31.9 Å². The highest BCUT2D eigenvalue weighted by Crippen LogP contribution is 2.44. The topological polar surface area (TPSA) is 43.5 Å². The van der Waals surface area contributed by atoms with Crippen LogP contribution in [0.4, 0.5) is 5.69 Å². The van der Waals surface area contributed by atoms with E-state index in [2.05, 4.69) is 103 Å².